The zero-order valence-electron chi connectivity index (χ0n) is 11.0. The molecular formula is C13H22N2O3. The van der Waals surface area contributed by atoms with Gasteiger partial charge in [0.25, 0.3) is 0 Å². The SMILES string of the molecule is CC(=O)N(C[C@H]1CCCCN1CC(=O)O)C1CC1. The van der Waals surface area contributed by atoms with E-state index in [-0.39, 0.29) is 18.5 Å². The summed E-state index contributed by atoms with van der Waals surface area (Å²) in [5.74, 6) is -0.652. The quantitative estimate of drug-likeness (QED) is 0.793. The van der Waals surface area contributed by atoms with Gasteiger partial charge >= 0.3 is 5.97 Å². The van der Waals surface area contributed by atoms with Gasteiger partial charge in [-0.1, -0.05) is 6.42 Å². The monoisotopic (exact) mass is 254 g/mol. The molecule has 1 atom stereocenters. The number of hydrogen-bond donors (Lipinski definition) is 1. The van der Waals surface area contributed by atoms with Crippen molar-refractivity contribution in [1.29, 1.82) is 0 Å². The highest BCUT2D eigenvalue weighted by Crippen LogP contribution is 2.28. The molecule has 18 heavy (non-hydrogen) atoms. The molecule has 1 saturated heterocycles. The van der Waals surface area contributed by atoms with Crippen LogP contribution in [-0.2, 0) is 9.59 Å². The molecule has 102 valence electrons. The van der Waals surface area contributed by atoms with E-state index >= 15 is 0 Å². The molecule has 2 aliphatic rings. The Morgan fingerprint density at radius 2 is 2.00 bits per heavy atom. The van der Waals surface area contributed by atoms with Crippen molar-refractivity contribution in [3.05, 3.63) is 0 Å². The molecule has 0 aromatic carbocycles. The summed E-state index contributed by atoms with van der Waals surface area (Å²) in [7, 11) is 0. The largest absolute Gasteiger partial charge is 0.480 e. The lowest BCUT2D eigenvalue weighted by molar-refractivity contribution is -0.139. The summed E-state index contributed by atoms with van der Waals surface area (Å²) in [6, 6.07) is 0.635. The van der Waals surface area contributed by atoms with Gasteiger partial charge in [0, 0.05) is 25.6 Å². The van der Waals surface area contributed by atoms with Gasteiger partial charge in [0.15, 0.2) is 0 Å². The number of carboxylic acid groups (broad SMARTS) is 1. The van der Waals surface area contributed by atoms with E-state index in [0.717, 1.165) is 38.6 Å². The van der Waals surface area contributed by atoms with Crippen LogP contribution in [0.15, 0.2) is 0 Å². The Morgan fingerprint density at radius 3 is 2.56 bits per heavy atom. The molecule has 0 radical (unpaired) electrons. The van der Waals surface area contributed by atoms with Gasteiger partial charge in [0.05, 0.1) is 6.54 Å². The summed E-state index contributed by atoms with van der Waals surface area (Å²) < 4.78 is 0. The van der Waals surface area contributed by atoms with Gasteiger partial charge in [0.2, 0.25) is 5.91 Å². The third-order valence-electron chi connectivity index (χ3n) is 3.89. The fraction of sp³-hybridized carbons (Fsp3) is 0.846. The maximum Gasteiger partial charge on any atom is 0.317 e. The molecule has 2 fully saturated rings. The lowest BCUT2D eigenvalue weighted by Crippen LogP contribution is -2.50. The van der Waals surface area contributed by atoms with Crippen LogP contribution in [0.3, 0.4) is 0 Å². The highest BCUT2D eigenvalue weighted by molar-refractivity contribution is 5.74. The molecule has 1 amide bonds. The van der Waals surface area contributed by atoms with Gasteiger partial charge in [0.1, 0.15) is 0 Å². The van der Waals surface area contributed by atoms with Crippen molar-refractivity contribution < 1.29 is 14.7 Å². The van der Waals surface area contributed by atoms with E-state index in [2.05, 4.69) is 0 Å². The van der Waals surface area contributed by atoms with Gasteiger partial charge in [-0.25, -0.2) is 0 Å². The number of nitrogens with zero attached hydrogens (tertiary/aromatic N) is 2. The van der Waals surface area contributed by atoms with E-state index in [9.17, 15) is 9.59 Å². The van der Waals surface area contributed by atoms with Crippen LogP contribution in [0.5, 0.6) is 0 Å². The maximum atomic E-state index is 11.6. The fourth-order valence-corrected chi connectivity index (χ4v) is 2.80. The molecule has 0 aromatic rings. The summed E-state index contributed by atoms with van der Waals surface area (Å²) in [5, 5.41) is 8.93. The first-order valence-corrected chi connectivity index (χ1v) is 6.81. The molecule has 2 rings (SSSR count). The first-order chi connectivity index (χ1) is 8.58. The molecule has 0 unspecified atom stereocenters. The number of rotatable bonds is 5. The Bertz CT molecular complexity index is 328. The zero-order chi connectivity index (χ0) is 13.1. The zero-order valence-corrected chi connectivity index (χ0v) is 11.0. The van der Waals surface area contributed by atoms with Crippen LogP contribution in [0.1, 0.15) is 39.0 Å². The molecular weight excluding hydrogens is 232 g/mol. The number of aliphatic carboxylic acids is 1. The van der Waals surface area contributed by atoms with E-state index < -0.39 is 5.97 Å². The number of carbonyl (C=O) groups excluding carboxylic acids is 1. The standard InChI is InChI=1S/C13H22N2O3/c1-10(16)15(11-5-6-11)8-12-4-2-3-7-14(12)9-13(17)18/h11-12H,2-9H2,1H3,(H,17,18)/t12-/m1/s1. The number of piperidine rings is 1. The lowest BCUT2D eigenvalue weighted by atomic mass is 10.0. The summed E-state index contributed by atoms with van der Waals surface area (Å²) >= 11 is 0. The molecule has 0 bridgehead atoms. The normalized spacial score (nSPS) is 24.8. The number of carbonyl (C=O) groups is 2. The summed E-state index contributed by atoms with van der Waals surface area (Å²) in [5.41, 5.74) is 0. The van der Waals surface area contributed by atoms with E-state index in [1.165, 1.54) is 0 Å². The maximum absolute atomic E-state index is 11.6. The van der Waals surface area contributed by atoms with Crippen LogP contribution in [-0.4, -0.2) is 58.5 Å². The summed E-state index contributed by atoms with van der Waals surface area (Å²) in [4.78, 5) is 26.4. The fourth-order valence-electron chi connectivity index (χ4n) is 2.80. The Labute approximate surface area is 108 Å². The Morgan fingerprint density at radius 1 is 1.28 bits per heavy atom. The third-order valence-corrected chi connectivity index (χ3v) is 3.89. The van der Waals surface area contributed by atoms with Crippen LogP contribution in [0.25, 0.3) is 0 Å². The molecule has 5 nitrogen and oxygen atoms in total. The predicted molar refractivity (Wildman–Crippen MR) is 67.3 cm³/mol. The summed E-state index contributed by atoms with van der Waals surface area (Å²) in [6.07, 6.45) is 5.41. The van der Waals surface area contributed by atoms with E-state index in [0.29, 0.717) is 12.6 Å². The van der Waals surface area contributed by atoms with E-state index in [4.69, 9.17) is 5.11 Å². The van der Waals surface area contributed by atoms with Crippen molar-refractivity contribution in [1.82, 2.24) is 9.80 Å². The van der Waals surface area contributed by atoms with Crippen molar-refractivity contribution >= 4 is 11.9 Å². The highest BCUT2D eigenvalue weighted by atomic mass is 16.4. The lowest BCUT2D eigenvalue weighted by Gasteiger charge is -2.37. The van der Waals surface area contributed by atoms with Crippen LogP contribution in [0.2, 0.25) is 0 Å². The second-order valence-electron chi connectivity index (χ2n) is 5.42. The average Bonchev–Trinajstić information content (AvgIpc) is 3.10. The Kier molecular flexibility index (Phi) is 4.22. The Balaban J connectivity index is 1.95. The molecule has 0 aromatic heterocycles. The van der Waals surface area contributed by atoms with Crippen molar-refractivity contribution in [2.45, 2.75) is 51.1 Å². The van der Waals surface area contributed by atoms with Crippen molar-refractivity contribution in [3.8, 4) is 0 Å². The Hall–Kier alpha value is -1.10. The van der Waals surface area contributed by atoms with Gasteiger partial charge in [-0.05, 0) is 32.2 Å². The van der Waals surface area contributed by atoms with Crippen molar-refractivity contribution in [2.75, 3.05) is 19.6 Å². The second kappa shape index (κ2) is 5.69. The van der Waals surface area contributed by atoms with Crippen LogP contribution in [0.4, 0.5) is 0 Å². The van der Waals surface area contributed by atoms with Crippen molar-refractivity contribution in [3.63, 3.8) is 0 Å². The first-order valence-electron chi connectivity index (χ1n) is 6.81. The molecule has 5 heteroatoms. The second-order valence-corrected chi connectivity index (χ2v) is 5.42. The molecule has 1 heterocycles. The predicted octanol–water partition coefficient (Wildman–Crippen LogP) is 0.936. The third kappa shape index (κ3) is 3.45. The van der Waals surface area contributed by atoms with Gasteiger partial charge in [-0.3, -0.25) is 14.5 Å². The van der Waals surface area contributed by atoms with Gasteiger partial charge in [-0.2, -0.15) is 0 Å². The molecule has 1 aliphatic carbocycles. The first kappa shape index (κ1) is 13.3. The molecule has 1 N–H and O–H groups in total. The smallest absolute Gasteiger partial charge is 0.317 e. The van der Waals surface area contributed by atoms with E-state index in [1.807, 2.05) is 9.80 Å². The minimum Gasteiger partial charge on any atom is -0.480 e. The minimum absolute atomic E-state index is 0.0983. The molecule has 0 spiro atoms. The molecule has 1 aliphatic heterocycles. The minimum atomic E-state index is -0.775. The van der Waals surface area contributed by atoms with Crippen LogP contribution < -0.4 is 0 Å². The van der Waals surface area contributed by atoms with Gasteiger partial charge < -0.3 is 10.0 Å². The van der Waals surface area contributed by atoms with E-state index in [1.54, 1.807) is 6.92 Å². The highest BCUT2D eigenvalue weighted by Gasteiger charge is 2.34. The van der Waals surface area contributed by atoms with Crippen LogP contribution >= 0.6 is 0 Å². The number of carboxylic acids is 1. The van der Waals surface area contributed by atoms with Gasteiger partial charge in [-0.15, -0.1) is 0 Å². The number of hydrogen-bond acceptors (Lipinski definition) is 3. The summed E-state index contributed by atoms with van der Waals surface area (Å²) in [6.45, 7) is 3.25. The van der Waals surface area contributed by atoms with Crippen molar-refractivity contribution in [2.24, 2.45) is 0 Å². The topological polar surface area (TPSA) is 60.9 Å². The average molecular weight is 254 g/mol. The molecule has 1 saturated carbocycles. The van der Waals surface area contributed by atoms with Crippen LogP contribution in [0, 0.1) is 0 Å². The number of likely N-dealkylation sites (tertiary alicyclic amines) is 1. The number of amides is 1.